The van der Waals surface area contributed by atoms with E-state index in [2.05, 4.69) is 4.57 Å². The van der Waals surface area contributed by atoms with Gasteiger partial charge in [0.15, 0.2) is 6.61 Å². The summed E-state index contributed by atoms with van der Waals surface area (Å²) in [6.07, 6.45) is 2.78. The van der Waals surface area contributed by atoms with Gasteiger partial charge in [0.05, 0.1) is 6.61 Å². The molecule has 0 saturated heterocycles. The van der Waals surface area contributed by atoms with Crippen LogP contribution in [0.2, 0.25) is 0 Å². The van der Waals surface area contributed by atoms with Crippen LogP contribution in [-0.4, -0.2) is 23.6 Å². The number of hydrogen-bond donors (Lipinski definition) is 0. The van der Waals surface area contributed by atoms with Crippen LogP contribution in [0, 0.1) is 0 Å². The number of ether oxygens (including phenoxy) is 2. The highest BCUT2D eigenvalue weighted by Gasteiger charge is 2.15. The molecule has 0 aliphatic carbocycles. The minimum Gasteiger partial charge on any atom is -0.494 e. The van der Waals surface area contributed by atoms with Crippen molar-refractivity contribution in [2.75, 3.05) is 13.2 Å². The average molecular weight is 385 g/mol. The Hall–Kier alpha value is -3.53. The van der Waals surface area contributed by atoms with Gasteiger partial charge in [-0.15, -0.1) is 0 Å². The summed E-state index contributed by atoms with van der Waals surface area (Å²) >= 11 is 0. The monoisotopic (exact) mass is 385 g/mol. The Morgan fingerprint density at radius 1 is 0.759 bits per heavy atom. The van der Waals surface area contributed by atoms with E-state index < -0.39 is 0 Å². The van der Waals surface area contributed by atoms with Crippen LogP contribution in [0.4, 0.5) is 0 Å². The molecular weight excluding hydrogens is 362 g/mol. The van der Waals surface area contributed by atoms with Gasteiger partial charge in [-0.2, -0.15) is 0 Å². The molecule has 0 atom stereocenters. The fourth-order valence-corrected chi connectivity index (χ4v) is 3.34. The summed E-state index contributed by atoms with van der Waals surface area (Å²) in [5.74, 6) is 1.55. The standard InChI is InChI=1S/C25H23NO3/c27-25(19-29-21-12-5-2-6-13-21)23-18-26(24-15-8-7-14-22(23)24)16-9-17-28-20-10-3-1-4-11-20/h1-8,10-15,18H,9,16-17,19H2. The van der Waals surface area contributed by atoms with Crippen molar-refractivity contribution in [3.05, 3.63) is 96.7 Å². The quantitative estimate of drug-likeness (QED) is 0.287. The lowest BCUT2D eigenvalue weighted by Crippen LogP contribution is -2.11. The largest absolute Gasteiger partial charge is 0.494 e. The lowest BCUT2D eigenvalue weighted by molar-refractivity contribution is 0.0923. The van der Waals surface area contributed by atoms with E-state index in [-0.39, 0.29) is 12.4 Å². The molecule has 146 valence electrons. The SMILES string of the molecule is O=C(COc1ccccc1)c1cn(CCCOc2ccccc2)c2ccccc12. The topological polar surface area (TPSA) is 40.5 Å². The first-order chi connectivity index (χ1) is 14.3. The van der Waals surface area contributed by atoms with Gasteiger partial charge in [-0.3, -0.25) is 4.79 Å². The number of aryl methyl sites for hydroxylation is 1. The molecule has 0 aliphatic rings. The summed E-state index contributed by atoms with van der Waals surface area (Å²) in [6.45, 7) is 1.42. The summed E-state index contributed by atoms with van der Waals surface area (Å²) in [5, 5.41) is 0.957. The molecule has 1 aromatic heterocycles. The summed E-state index contributed by atoms with van der Waals surface area (Å²) in [7, 11) is 0. The van der Waals surface area contributed by atoms with E-state index in [4.69, 9.17) is 9.47 Å². The van der Waals surface area contributed by atoms with Crippen molar-refractivity contribution < 1.29 is 14.3 Å². The molecule has 4 rings (SSSR count). The molecule has 3 aromatic carbocycles. The van der Waals surface area contributed by atoms with Crippen molar-refractivity contribution >= 4 is 16.7 Å². The first kappa shape index (κ1) is 18.8. The molecule has 0 bridgehead atoms. The van der Waals surface area contributed by atoms with Gasteiger partial charge in [0.2, 0.25) is 5.78 Å². The van der Waals surface area contributed by atoms with Crippen LogP contribution >= 0.6 is 0 Å². The molecule has 4 heteroatoms. The zero-order chi connectivity index (χ0) is 19.9. The molecule has 0 spiro atoms. The number of nitrogens with zero attached hydrogens (tertiary/aromatic N) is 1. The van der Waals surface area contributed by atoms with Gasteiger partial charge in [-0.1, -0.05) is 54.6 Å². The maximum Gasteiger partial charge on any atom is 0.202 e. The second-order valence-electron chi connectivity index (χ2n) is 6.79. The fraction of sp³-hybridized carbons (Fsp3) is 0.160. The van der Waals surface area contributed by atoms with Gasteiger partial charge in [-0.05, 0) is 36.8 Å². The van der Waals surface area contributed by atoms with Crippen LogP contribution in [0.25, 0.3) is 10.9 Å². The van der Waals surface area contributed by atoms with E-state index in [1.807, 2.05) is 91.1 Å². The van der Waals surface area contributed by atoms with Crippen LogP contribution in [0.1, 0.15) is 16.8 Å². The molecule has 1 heterocycles. The Morgan fingerprint density at radius 3 is 2.10 bits per heavy atom. The molecule has 0 aliphatic heterocycles. The molecular formula is C25H23NO3. The van der Waals surface area contributed by atoms with Crippen molar-refractivity contribution in [3.63, 3.8) is 0 Å². The van der Waals surface area contributed by atoms with E-state index in [1.54, 1.807) is 0 Å². The maximum absolute atomic E-state index is 12.8. The average Bonchev–Trinajstić information content (AvgIpc) is 3.15. The normalized spacial score (nSPS) is 10.8. The smallest absolute Gasteiger partial charge is 0.202 e. The summed E-state index contributed by atoms with van der Waals surface area (Å²) < 4.78 is 13.6. The third-order valence-electron chi connectivity index (χ3n) is 4.76. The van der Waals surface area contributed by atoms with Gasteiger partial charge >= 0.3 is 0 Å². The predicted octanol–water partition coefficient (Wildman–Crippen LogP) is 5.37. The Labute approximate surface area is 170 Å². The number of ketones is 1. The highest BCUT2D eigenvalue weighted by Crippen LogP contribution is 2.23. The predicted molar refractivity (Wildman–Crippen MR) is 115 cm³/mol. The summed E-state index contributed by atoms with van der Waals surface area (Å²) in [6, 6.07) is 27.2. The Balaban J connectivity index is 1.42. The van der Waals surface area contributed by atoms with E-state index in [1.165, 1.54) is 0 Å². The minimum absolute atomic E-state index is 0.0230. The number of Topliss-reactive ketones (excluding diaryl/α,β-unsaturated/α-hetero) is 1. The van der Waals surface area contributed by atoms with Crippen LogP contribution in [0.15, 0.2) is 91.1 Å². The minimum atomic E-state index is -0.0238. The third-order valence-corrected chi connectivity index (χ3v) is 4.76. The number of hydrogen-bond acceptors (Lipinski definition) is 3. The molecule has 29 heavy (non-hydrogen) atoms. The van der Waals surface area contributed by atoms with Gasteiger partial charge < -0.3 is 14.0 Å². The Bertz CT molecular complexity index is 1070. The van der Waals surface area contributed by atoms with Gasteiger partial charge in [0, 0.05) is 29.2 Å². The summed E-state index contributed by atoms with van der Waals surface area (Å²) in [4.78, 5) is 12.8. The lowest BCUT2D eigenvalue weighted by atomic mass is 10.1. The second kappa shape index (κ2) is 9.11. The molecule has 4 nitrogen and oxygen atoms in total. The molecule has 0 amide bonds. The molecule has 0 radical (unpaired) electrons. The van der Waals surface area contributed by atoms with Crippen molar-refractivity contribution in [2.24, 2.45) is 0 Å². The lowest BCUT2D eigenvalue weighted by Gasteiger charge is -2.07. The Kier molecular flexibility index (Phi) is 5.91. The van der Waals surface area contributed by atoms with Crippen molar-refractivity contribution in [1.29, 1.82) is 0 Å². The molecule has 0 saturated carbocycles. The van der Waals surface area contributed by atoms with Crippen LogP contribution in [-0.2, 0) is 6.54 Å². The van der Waals surface area contributed by atoms with E-state index >= 15 is 0 Å². The Morgan fingerprint density at radius 2 is 1.38 bits per heavy atom. The molecule has 0 unspecified atom stereocenters. The first-order valence-electron chi connectivity index (χ1n) is 9.78. The van der Waals surface area contributed by atoms with Crippen LogP contribution < -0.4 is 9.47 Å². The molecule has 0 fully saturated rings. The van der Waals surface area contributed by atoms with Crippen molar-refractivity contribution in [2.45, 2.75) is 13.0 Å². The number of carbonyl (C=O) groups is 1. The zero-order valence-corrected chi connectivity index (χ0v) is 16.2. The number of aromatic nitrogens is 1. The fourth-order valence-electron chi connectivity index (χ4n) is 3.34. The summed E-state index contributed by atoms with van der Waals surface area (Å²) in [5.41, 5.74) is 1.75. The third kappa shape index (κ3) is 4.66. The van der Waals surface area contributed by atoms with Crippen LogP contribution in [0.5, 0.6) is 11.5 Å². The van der Waals surface area contributed by atoms with E-state index in [0.29, 0.717) is 17.9 Å². The highest BCUT2D eigenvalue weighted by molar-refractivity contribution is 6.08. The number of para-hydroxylation sites is 3. The maximum atomic E-state index is 12.8. The number of carbonyl (C=O) groups excluding carboxylic acids is 1. The second-order valence-corrected chi connectivity index (χ2v) is 6.79. The van der Waals surface area contributed by atoms with Crippen LogP contribution in [0.3, 0.4) is 0 Å². The number of benzene rings is 3. The first-order valence-corrected chi connectivity index (χ1v) is 9.78. The number of fused-ring (bicyclic) bond motifs is 1. The van der Waals surface area contributed by atoms with Gasteiger partial charge in [-0.25, -0.2) is 0 Å². The van der Waals surface area contributed by atoms with Gasteiger partial charge in [0.25, 0.3) is 0 Å². The zero-order valence-electron chi connectivity index (χ0n) is 16.2. The highest BCUT2D eigenvalue weighted by atomic mass is 16.5. The van der Waals surface area contributed by atoms with Crippen molar-refractivity contribution in [3.8, 4) is 11.5 Å². The van der Waals surface area contributed by atoms with Gasteiger partial charge in [0.1, 0.15) is 11.5 Å². The molecule has 4 aromatic rings. The van der Waals surface area contributed by atoms with E-state index in [9.17, 15) is 4.79 Å². The van der Waals surface area contributed by atoms with Crippen molar-refractivity contribution in [1.82, 2.24) is 4.57 Å². The van der Waals surface area contributed by atoms with E-state index in [0.717, 1.165) is 29.6 Å². The number of rotatable bonds is 9. The molecule has 0 N–H and O–H groups in total.